The largest absolute Gasteiger partial charge is 0.441 e. The van der Waals surface area contributed by atoms with Crippen LogP contribution in [0.4, 0.5) is 16.3 Å². The molecule has 164 valence electrons. The molecule has 31 heavy (non-hydrogen) atoms. The number of hydrogen-bond donors (Lipinski definition) is 1. The van der Waals surface area contributed by atoms with Crippen molar-refractivity contribution in [1.82, 2.24) is 9.88 Å². The molecular formula is C22H25BrN4O4. The van der Waals surface area contributed by atoms with Crippen LogP contribution in [0.15, 0.2) is 47.1 Å². The molecule has 1 amide bonds. The van der Waals surface area contributed by atoms with E-state index in [4.69, 9.17) is 4.74 Å². The van der Waals surface area contributed by atoms with Crippen LogP contribution in [0.5, 0.6) is 0 Å². The highest BCUT2D eigenvalue weighted by Gasteiger charge is 2.51. The standard InChI is InChI=1S/C22H25BrN4O4/c1-22(2)19(14-6-4-3-5-7-14)26(21(28)31-22)17-10-8-16(9-11-17)25-20-18(27(29)30)12-15(23)13-24-20/h3-7,12-13,16-17,19H,8-11H2,1-2H3,(H,24,25)/t16?,17?,19-/m0/s1. The van der Waals surface area contributed by atoms with E-state index in [0.717, 1.165) is 31.2 Å². The molecule has 9 heteroatoms. The Morgan fingerprint density at radius 2 is 1.90 bits per heavy atom. The lowest BCUT2D eigenvalue weighted by Gasteiger charge is -2.38. The third kappa shape index (κ3) is 4.37. The van der Waals surface area contributed by atoms with Crippen molar-refractivity contribution in [2.75, 3.05) is 5.32 Å². The number of carbonyl (C=O) groups excluding carboxylic acids is 1. The molecule has 2 aromatic rings. The molecule has 1 aliphatic carbocycles. The molecule has 1 saturated heterocycles. The van der Waals surface area contributed by atoms with Crippen molar-refractivity contribution < 1.29 is 14.5 Å². The van der Waals surface area contributed by atoms with Crippen molar-refractivity contribution in [3.63, 3.8) is 0 Å². The van der Waals surface area contributed by atoms with Crippen molar-refractivity contribution in [3.05, 3.63) is 62.7 Å². The zero-order valence-electron chi connectivity index (χ0n) is 17.5. The number of anilines is 1. The predicted octanol–water partition coefficient (Wildman–Crippen LogP) is 5.45. The molecule has 4 rings (SSSR count). The summed E-state index contributed by atoms with van der Waals surface area (Å²) in [5.41, 5.74) is 0.397. The predicted molar refractivity (Wildman–Crippen MR) is 120 cm³/mol. The van der Waals surface area contributed by atoms with Crippen molar-refractivity contribution in [2.45, 2.75) is 63.3 Å². The van der Waals surface area contributed by atoms with Gasteiger partial charge in [-0.2, -0.15) is 0 Å². The lowest BCUT2D eigenvalue weighted by Crippen LogP contribution is -2.44. The van der Waals surface area contributed by atoms with Crippen molar-refractivity contribution >= 4 is 33.5 Å². The van der Waals surface area contributed by atoms with Gasteiger partial charge in [0.25, 0.3) is 0 Å². The molecule has 2 heterocycles. The van der Waals surface area contributed by atoms with Gasteiger partial charge in [0.2, 0.25) is 5.82 Å². The quantitative estimate of drug-likeness (QED) is 0.443. The number of nitrogens with zero attached hydrogens (tertiary/aromatic N) is 3. The third-order valence-electron chi connectivity index (χ3n) is 6.08. The van der Waals surface area contributed by atoms with Gasteiger partial charge < -0.3 is 10.1 Å². The summed E-state index contributed by atoms with van der Waals surface area (Å²) in [5.74, 6) is 0.278. The topological polar surface area (TPSA) is 97.6 Å². The average Bonchev–Trinajstić information content (AvgIpc) is 2.98. The van der Waals surface area contributed by atoms with Gasteiger partial charge in [-0.25, -0.2) is 9.78 Å². The van der Waals surface area contributed by atoms with Crippen LogP contribution in [0.1, 0.15) is 51.1 Å². The van der Waals surface area contributed by atoms with E-state index in [2.05, 4.69) is 26.2 Å². The first-order valence-corrected chi connectivity index (χ1v) is 11.2. The van der Waals surface area contributed by atoms with Gasteiger partial charge in [0.15, 0.2) is 0 Å². The van der Waals surface area contributed by atoms with Gasteiger partial charge >= 0.3 is 11.8 Å². The fourth-order valence-corrected chi connectivity index (χ4v) is 5.02. The van der Waals surface area contributed by atoms with Gasteiger partial charge in [-0.15, -0.1) is 0 Å². The number of amides is 1. The molecule has 0 unspecified atom stereocenters. The highest BCUT2D eigenvalue weighted by molar-refractivity contribution is 9.10. The summed E-state index contributed by atoms with van der Waals surface area (Å²) in [4.78, 5) is 29.8. The van der Waals surface area contributed by atoms with E-state index < -0.39 is 10.5 Å². The molecule has 1 aromatic carbocycles. The SMILES string of the molecule is CC1(C)OC(=O)N(C2CCC(Nc3ncc(Br)cc3[N+](=O)[O-])CC2)[C@H]1c1ccccc1. The third-order valence-corrected chi connectivity index (χ3v) is 6.51. The minimum atomic E-state index is -0.616. The molecule has 1 N–H and O–H groups in total. The Balaban J connectivity index is 1.47. The van der Waals surface area contributed by atoms with E-state index in [1.54, 1.807) is 6.20 Å². The van der Waals surface area contributed by atoms with E-state index >= 15 is 0 Å². The fraction of sp³-hybridized carbons (Fsp3) is 0.455. The number of nitrogens with one attached hydrogen (secondary N) is 1. The Morgan fingerprint density at radius 3 is 2.55 bits per heavy atom. The van der Waals surface area contributed by atoms with E-state index in [9.17, 15) is 14.9 Å². The van der Waals surface area contributed by atoms with Crippen LogP contribution < -0.4 is 5.32 Å². The number of ether oxygens (including phenoxy) is 1. The number of cyclic esters (lactones) is 1. The second kappa shape index (κ2) is 8.45. The van der Waals surface area contributed by atoms with Crippen molar-refractivity contribution in [3.8, 4) is 0 Å². The summed E-state index contributed by atoms with van der Waals surface area (Å²) < 4.78 is 6.30. The number of benzene rings is 1. The highest BCUT2D eigenvalue weighted by atomic mass is 79.9. The number of carbonyl (C=O) groups is 1. The molecule has 2 aliphatic rings. The van der Waals surface area contributed by atoms with Crippen LogP contribution in [0.3, 0.4) is 0 Å². The van der Waals surface area contributed by atoms with Crippen LogP contribution in [0.25, 0.3) is 0 Å². The van der Waals surface area contributed by atoms with Crippen LogP contribution in [-0.2, 0) is 4.74 Å². The Morgan fingerprint density at radius 1 is 1.23 bits per heavy atom. The minimum Gasteiger partial charge on any atom is -0.441 e. The lowest BCUT2D eigenvalue weighted by molar-refractivity contribution is -0.384. The summed E-state index contributed by atoms with van der Waals surface area (Å²) in [7, 11) is 0. The van der Waals surface area contributed by atoms with Gasteiger partial charge in [0.1, 0.15) is 5.60 Å². The van der Waals surface area contributed by atoms with E-state index in [0.29, 0.717) is 4.47 Å². The lowest BCUT2D eigenvalue weighted by atomic mass is 9.86. The molecule has 1 aliphatic heterocycles. The van der Waals surface area contributed by atoms with Crippen LogP contribution >= 0.6 is 15.9 Å². The Bertz CT molecular complexity index is 977. The molecular weight excluding hydrogens is 464 g/mol. The first kappa shape index (κ1) is 21.5. The van der Waals surface area contributed by atoms with Gasteiger partial charge in [0.05, 0.1) is 11.0 Å². The molecule has 0 spiro atoms. The second-order valence-electron chi connectivity index (χ2n) is 8.62. The number of hydrogen-bond acceptors (Lipinski definition) is 6. The van der Waals surface area contributed by atoms with Crippen molar-refractivity contribution in [2.24, 2.45) is 0 Å². The minimum absolute atomic E-state index is 0.0505. The molecule has 2 fully saturated rings. The summed E-state index contributed by atoms with van der Waals surface area (Å²) in [6.07, 6.45) is 4.41. The smallest absolute Gasteiger partial charge is 0.411 e. The maximum atomic E-state index is 12.8. The Hall–Kier alpha value is -2.68. The number of pyridine rings is 1. The van der Waals surface area contributed by atoms with Crippen LogP contribution in [-0.4, -0.2) is 38.6 Å². The molecule has 0 bridgehead atoms. The fourth-order valence-electron chi connectivity index (χ4n) is 4.70. The monoisotopic (exact) mass is 488 g/mol. The molecule has 1 atom stereocenters. The second-order valence-corrected chi connectivity index (χ2v) is 9.54. The molecule has 1 aromatic heterocycles. The normalized spacial score (nSPS) is 25.2. The van der Waals surface area contributed by atoms with Crippen molar-refractivity contribution in [1.29, 1.82) is 0 Å². The van der Waals surface area contributed by atoms with E-state index in [-0.39, 0.29) is 35.7 Å². The van der Waals surface area contributed by atoms with E-state index in [1.165, 1.54) is 6.07 Å². The number of nitro groups is 1. The Labute approximate surface area is 189 Å². The molecule has 0 radical (unpaired) electrons. The summed E-state index contributed by atoms with van der Waals surface area (Å²) in [5, 5.41) is 14.6. The highest BCUT2D eigenvalue weighted by Crippen LogP contribution is 2.44. The van der Waals surface area contributed by atoms with Gasteiger partial charge in [-0.1, -0.05) is 30.3 Å². The Kier molecular flexibility index (Phi) is 5.88. The average molecular weight is 489 g/mol. The number of halogens is 1. The zero-order chi connectivity index (χ0) is 22.2. The summed E-state index contributed by atoms with van der Waals surface area (Å²) >= 11 is 3.23. The van der Waals surface area contributed by atoms with Gasteiger partial charge in [0, 0.05) is 28.8 Å². The molecule has 1 saturated carbocycles. The van der Waals surface area contributed by atoms with E-state index in [1.807, 2.05) is 49.1 Å². The maximum absolute atomic E-state index is 12.8. The van der Waals surface area contributed by atoms with Gasteiger partial charge in [-0.3, -0.25) is 15.0 Å². The first-order valence-electron chi connectivity index (χ1n) is 10.4. The number of rotatable bonds is 5. The number of aromatic nitrogens is 1. The zero-order valence-corrected chi connectivity index (χ0v) is 19.0. The first-order chi connectivity index (χ1) is 14.8. The van der Waals surface area contributed by atoms with Crippen LogP contribution in [0.2, 0.25) is 0 Å². The molecule has 8 nitrogen and oxygen atoms in total. The summed E-state index contributed by atoms with van der Waals surface area (Å²) in [6, 6.07) is 11.4. The summed E-state index contributed by atoms with van der Waals surface area (Å²) in [6.45, 7) is 3.90. The van der Waals surface area contributed by atoms with Gasteiger partial charge in [-0.05, 0) is 61.0 Å². The van der Waals surface area contributed by atoms with Crippen LogP contribution in [0, 0.1) is 10.1 Å². The maximum Gasteiger partial charge on any atom is 0.411 e.